The van der Waals surface area contributed by atoms with Gasteiger partial charge in [0.25, 0.3) is 0 Å². The summed E-state index contributed by atoms with van der Waals surface area (Å²) in [6.07, 6.45) is 0.316. The molecule has 1 amide bonds. The van der Waals surface area contributed by atoms with Crippen LogP contribution in [0.5, 0.6) is 0 Å². The molecule has 6 heteroatoms. The molecule has 0 aromatic heterocycles. The van der Waals surface area contributed by atoms with Crippen molar-refractivity contribution in [2.75, 3.05) is 0 Å². The second kappa shape index (κ2) is 6.72. The van der Waals surface area contributed by atoms with Crippen molar-refractivity contribution < 1.29 is 13.2 Å². The van der Waals surface area contributed by atoms with E-state index in [-0.39, 0.29) is 10.8 Å². The molecule has 0 spiro atoms. The lowest BCUT2D eigenvalue weighted by atomic mass is 10.1. The van der Waals surface area contributed by atoms with Crippen molar-refractivity contribution in [1.29, 1.82) is 0 Å². The Morgan fingerprint density at radius 1 is 1.09 bits per heavy atom. The van der Waals surface area contributed by atoms with Crippen LogP contribution in [0, 0.1) is 6.92 Å². The van der Waals surface area contributed by atoms with E-state index >= 15 is 0 Å². The van der Waals surface area contributed by atoms with Gasteiger partial charge in [-0.1, -0.05) is 42.0 Å². The lowest BCUT2D eigenvalue weighted by Gasteiger charge is -2.07. The second-order valence-corrected chi connectivity index (χ2v) is 6.69. The third-order valence-corrected chi connectivity index (χ3v) is 4.12. The first-order valence-electron chi connectivity index (χ1n) is 6.78. The van der Waals surface area contributed by atoms with Crippen molar-refractivity contribution >= 4 is 15.9 Å². The molecule has 5 nitrogen and oxygen atoms in total. The highest BCUT2D eigenvalue weighted by atomic mass is 32.2. The van der Waals surface area contributed by atoms with Crippen molar-refractivity contribution in [1.82, 2.24) is 5.32 Å². The Morgan fingerprint density at radius 2 is 1.77 bits per heavy atom. The van der Waals surface area contributed by atoms with E-state index in [0.29, 0.717) is 13.0 Å². The van der Waals surface area contributed by atoms with Gasteiger partial charge in [0.15, 0.2) is 0 Å². The molecule has 2 aromatic rings. The molecule has 22 heavy (non-hydrogen) atoms. The highest BCUT2D eigenvalue weighted by molar-refractivity contribution is 7.89. The molecule has 0 bridgehead atoms. The van der Waals surface area contributed by atoms with Gasteiger partial charge in [-0.15, -0.1) is 0 Å². The predicted octanol–water partition coefficient (Wildman–Crippen LogP) is 1.50. The van der Waals surface area contributed by atoms with Crippen LogP contribution in [0.1, 0.15) is 16.7 Å². The molecule has 0 aliphatic heterocycles. The summed E-state index contributed by atoms with van der Waals surface area (Å²) >= 11 is 0. The first-order valence-corrected chi connectivity index (χ1v) is 8.33. The monoisotopic (exact) mass is 318 g/mol. The molecular weight excluding hydrogens is 300 g/mol. The number of amides is 1. The van der Waals surface area contributed by atoms with Gasteiger partial charge in [-0.3, -0.25) is 4.79 Å². The van der Waals surface area contributed by atoms with Crippen molar-refractivity contribution in [3.8, 4) is 0 Å². The summed E-state index contributed by atoms with van der Waals surface area (Å²) < 4.78 is 22.3. The minimum Gasteiger partial charge on any atom is -0.352 e. The first kappa shape index (κ1) is 16.2. The van der Waals surface area contributed by atoms with E-state index < -0.39 is 10.0 Å². The highest BCUT2D eigenvalue weighted by Gasteiger charge is 2.07. The highest BCUT2D eigenvalue weighted by Crippen LogP contribution is 2.09. The van der Waals surface area contributed by atoms with Gasteiger partial charge in [0.2, 0.25) is 15.9 Å². The van der Waals surface area contributed by atoms with Crippen molar-refractivity contribution in [2.45, 2.75) is 24.8 Å². The molecule has 116 valence electrons. The SMILES string of the molecule is Cc1cccc(CC(=O)NCc2ccc(S(N)(=O)=O)cc2)c1. The zero-order valence-corrected chi connectivity index (χ0v) is 13.1. The van der Waals surface area contributed by atoms with E-state index in [2.05, 4.69) is 5.32 Å². The number of rotatable bonds is 5. The number of hydrogen-bond donors (Lipinski definition) is 2. The van der Waals surface area contributed by atoms with Gasteiger partial charge in [0, 0.05) is 6.54 Å². The minimum atomic E-state index is -3.68. The number of nitrogens with two attached hydrogens (primary N) is 1. The number of hydrogen-bond acceptors (Lipinski definition) is 3. The average molecular weight is 318 g/mol. The van der Waals surface area contributed by atoms with Gasteiger partial charge in [-0.2, -0.15) is 0 Å². The molecule has 3 N–H and O–H groups in total. The molecule has 0 saturated heterocycles. The Balaban J connectivity index is 1.91. The lowest BCUT2D eigenvalue weighted by molar-refractivity contribution is -0.120. The van der Waals surface area contributed by atoms with Crippen LogP contribution in [0.3, 0.4) is 0 Å². The largest absolute Gasteiger partial charge is 0.352 e. The lowest BCUT2D eigenvalue weighted by Crippen LogP contribution is -2.24. The Kier molecular flexibility index (Phi) is 4.95. The summed E-state index contributed by atoms with van der Waals surface area (Å²) in [6, 6.07) is 13.9. The molecule has 0 fully saturated rings. The summed E-state index contributed by atoms with van der Waals surface area (Å²) in [5.41, 5.74) is 2.89. The summed E-state index contributed by atoms with van der Waals surface area (Å²) in [5.74, 6) is -0.0823. The fourth-order valence-electron chi connectivity index (χ4n) is 2.07. The number of carbonyl (C=O) groups is 1. The standard InChI is InChI=1S/C16H18N2O3S/c1-12-3-2-4-14(9-12)10-16(19)18-11-13-5-7-15(8-6-13)22(17,20)21/h2-9H,10-11H2,1H3,(H,18,19)(H2,17,20,21). The molecule has 0 heterocycles. The Morgan fingerprint density at radius 3 is 2.36 bits per heavy atom. The second-order valence-electron chi connectivity index (χ2n) is 5.13. The third kappa shape index (κ3) is 4.68. The molecule has 0 unspecified atom stereocenters. The number of aryl methyl sites for hydroxylation is 1. The minimum absolute atomic E-state index is 0.0577. The smallest absolute Gasteiger partial charge is 0.238 e. The Hall–Kier alpha value is -2.18. The topological polar surface area (TPSA) is 89.3 Å². The summed E-state index contributed by atoms with van der Waals surface area (Å²) in [4.78, 5) is 12.0. The summed E-state index contributed by atoms with van der Waals surface area (Å²) in [6.45, 7) is 2.32. The first-order chi connectivity index (χ1) is 10.3. The number of benzene rings is 2. The number of nitrogens with one attached hydrogen (secondary N) is 1. The molecular formula is C16H18N2O3S. The summed E-state index contributed by atoms with van der Waals surface area (Å²) in [7, 11) is -3.68. The molecule has 0 saturated carbocycles. The van der Waals surface area contributed by atoms with Gasteiger partial charge in [0.05, 0.1) is 11.3 Å². The molecule has 0 aliphatic carbocycles. The van der Waals surface area contributed by atoms with E-state index in [0.717, 1.165) is 16.7 Å². The maximum Gasteiger partial charge on any atom is 0.238 e. The molecule has 0 radical (unpaired) electrons. The zero-order chi connectivity index (χ0) is 16.2. The van der Waals surface area contributed by atoms with Crippen LogP contribution in [-0.2, 0) is 27.8 Å². The van der Waals surface area contributed by atoms with Crippen molar-refractivity contribution in [2.24, 2.45) is 5.14 Å². The van der Waals surface area contributed by atoms with Gasteiger partial charge in [-0.05, 0) is 30.2 Å². The molecule has 0 atom stereocenters. The van der Waals surface area contributed by atoms with Crippen LogP contribution < -0.4 is 10.5 Å². The zero-order valence-electron chi connectivity index (χ0n) is 12.2. The number of sulfonamides is 1. The predicted molar refractivity (Wildman–Crippen MR) is 84.5 cm³/mol. The normalized spacial score (nSPS) is 11.2. The quantitative estimate of drug-likeness (QED) is 0.875. The van der Waals surface area contributed by atoms with Crippen LogP contribution >= 0.6 is 0 Å². The Bertz CT molecular complexity index is 768. The van der Waals surface area contributed by atoms with Crippen LogP contribution in [0.2, 0.25) is 0 Å². The number of primary sulfonamides is 1. The maximum absolute atomic E-state index is 11.9. The van der Waals surface area contributed by atoms with E-state index in [1.54, 1.807) is 12.1 Å². The van der Waals surface area contributed by atoms with E-state index in [1.165, 1.54) is 12.1 Å². The van der Waals surface area contributed by atoms with Crippen LogP contribution in [0.25, 0.3) is 0 Å². The number of carbonyl (C=O) groups excluding carboxylic acids is 1. The average Bonchev–Trinajstić information content (AvgIpc) is 2.45. The Labute approximate surface area is 130 Å². The fraction of sp³-hybridized carbons (Fsp3) is 0.188. The van der Waals surface area contributed by atoms with Gasteiger partial charge < -0.3 is 5.32 Å². The molecule has 2 rings (SSSR count). The van der Waals surface area contributed by atoms with E-state index in [4.69, 9.17) is 5.14 Å². The van der Waals surface area contributed by atoms with Gasteiger partial charge in [0.1, 0.15) is 0 Å². The van der Waals surface area contributed by atoms with Gasteiger partial charge in [-0.25, -0.2) is 13.6 Å². The fourth-order valence-corrected chi connectivity index (χ4v) is 2.58. The van der Waals surface area contributed by atoms with Crippen LogP contribution in [0.4, 0.5) is 0 Å². The van der Waals surface area contributed by atoms with E-state index in [9.17, 15) is 13.2 Å². The van der Waals surface area contributed by atoms with Gasteiger partial charge >= 0.3 is 0 Å². The summed E-state index contributed by atoms with van der Waals surface area (Å²) in [5, 5.41) is 7.84. The van der Waals surface area contributed by atoms with Crippen molar-refractivity contribution in [3.63, 3.8) is 0 Å². The van der Waals surface area contributed by atoms with Crippen LogP contribution in [-0.4, -0.2) is 14.3 Å². The van der Waals surface area contributed by atoms with Crippen LogP contribution in [0.15, 0.2) is 53.4 Å². The molecule has 2 aromatic carbocycles. The maximum atomic E-state index is 11.9. The van der Waals surface area contributed by atoms with E-state index in [1.807, 2.05) is 31.2 Å². The van der Waals surface area contributed by atoms with Crippen molar-refractivity contribution in [3.05, 3.63) is 65.2 Å². The molecule has 0 aliphatic rings. The third-order valence-electron chi connectivity index (χ3n) is 3.19.